The molecule has 0 heterocycles. The van der Waals surface area contributed by atoms with Crippen molar-refractivity contribution in [2.75, 3.05) is 10.9 Å². The van der Waals surface area contributed by atoms with E-state index in [1.807, 2.05) is 29.5 Å². The minimum atomic E-state index is -4.18. The molecule has 0 fully saturated rings. The number of ether oxygens (including phenoxy) is 1. The molecule has 0 radical (unpaired) electrons. The Bertz CT molecular complexity index is 1120. The highest BCUT2D eigenvalue weighted by Gasteiger charge is 2.32. The summed E-state index contributed by atoms with van der Waals surface area (Å²) in [6.45, 7) is 2.33. The molecule has 5 nitrogen and oxygen atoms in total. The Kier molecular flexibility index (Phi) is 6.81. The standard InChI is InChI=1S/C21H17ClINO4S/c1-2-28-17-11-9-16(10-12-17)24(21(25)19-5-3-4-6-20(19)23)29(26,27)18-13-7-15(22)8-14-18/h3-14H,2H2,1H3. The van der Waals surface area contributed by atoms with Crippen molar-refractivity contribution in [3.63, 3.8) is 0 Å². The molecule has 0 saturated heterocycles. The predicted octanol–water partition coefficient (Wildman–Crippen LogP) is 5.38. The van der Waals surface area contributed by atoms with Crippen LogP contribution >= 0.6 is 34.2 Å². The van der Waals surface area contributed by atoms with Crippen LogP contribution in [0.15, 0.2) is 77.7 Å². The van der Waals surface area contributed by atoms with Crippen molar-refractivity contribution in [3.8, 4) is 5.75 Å². The summed E-state index contributed by atoms with van der Waals surface area (Å²) < 4.78 is 33.7. The molecular formula is C21H17ClINO4S. The van der Waals surface area contributed by atoms with E-state index in [2.05, 4.69) is 0 Å². The van der Waals surface area contributed by atoms with Crippen molar-refractivity contribution in [1.82, 2.24) is 0 Å². The van der Waals surface area contributed by atoms with E-state index < -0.39 is 15.9 Å². The Morgan fingerprint density at radius 2 is 1.62 bits per heavy atom. The highest BCUT2D eigenvalue weighted by atomic mass is 127. The van der Waals surface area contributed by atoms with Crippen LogP contribution in [-0.4, -0.2) is 20.9 Å². The summed E-state index contributed by atoms with van der Waals surface area (Å²) in [4.78, 5) is 13.3. The fourth-order valence-corrected chi connectivity index (χ4v) is 4.82. The van der Waals surface area contributed by atoms with E-state index in [0.717, 1.165) is 4.31 Å². The van der Waals surface area contributed by atoms with Gasteiger partial charge < -0.3 is 4.74 Å². The van der Waals surface area contributed by atoms with E-state index in [-0.39, 0.29) is 10.6 Å². The molecule has 8 heteroatoms. The molecule has 3 rings (SSSR count). The molecule has 0 aliphatic heterocycles. The lowest BCUT2D eigenvalue weighted by Gasteiger charge is -2.23. The van der Waals surface area contributed by atoms with Crippen molar-refractivity contribution in [3.05, 3.63) is 87.0 Å². The molecule has 0 unspecified atom stereocenters. The predicted molar refractivity (Wildman–Crippen MR) is 122 cm³/mol. The first-order chi connectivity index (χ1) is 13.8. The van der Waals surface area contributed by atoms with Gasteiger partial charge in [-0.25, -0.2) is 8.42 Å². The van der Waals surface area contributed by atoms with E-state index >= 15 is 0 Å². The molecule has 0 aliphatic carbocycles. The number of hydrogen-bond acceptors (Lipinski definition) is 4. The maximum atomic E-state index is 13.4. The number of carbonyl (C=O) groups excluding carboxylic acids is 1. The molecule has 0 N–H and O–H groups in total. The van der Waals surface area contributed by atoms with Crippen LogP contribution in [-0.2, 0) is 10.0 Å². The number of hydrogen-bond donors (Lipinski definition) is 0. The van der Waals surface area contributed by atoms with E-state index in [9.17, 15) is 13.2 Å². The van der Waals surface area contributed by atoms with E-state index in [0.29, 0.717) is 26.5 Å². The van der Waals surface area contributed by atoms with Crippen molar-refractivity contribution in [2.45, 2.75) is 11.8 Å². The molecule has 0 aromatic heterocycles. The molecule has 3 aromatic rings. The first-order valence-electron chi connectivity index (χ1n) is 8.67. The smallest absolute Gasteiger partial charge is 0.273 e. The van der Waals surface area contributed by atoms with Crippen LogP contribution in [0.2, 0.25) is 5.02 Å². The van der Waals surface area contributed by atoms with Gasteiger partial charge in [-0.1, -0.05) is 23.7 Å². The lowest BCUT2D eigenvalue weighted by Crippen LogP contribution is -2.37. The van der Waals surface area contributed by atoms with Crippen LogP contribution in [0.25, 0.3) is 0 Å². The van der Waals surface area contributed by atoms with Gasteiger partial charge in [0.05, 0.1) is 22.8 Å². The third kappa shape index (κ3) is 4.73. The van der Waals surface area contributed by atoms with Crippen LogP contribution in [0.3, 0.4) is 0 Å². The van der Waals surface area contributed by atoms with E-state index in [4.69, 9.17) is 16.3 Å². The largest absolute Gasteiger partial charge is 0.494 e. The molecule has 3 aromatic carbocycles. The maximum absolute atomic E-state index is 13.4. The molecule has 0 atom stereocenters. The highest BCUT2D eigenvalue weighted by Crippen LogP contribution is 2.29. The number of benzene rings is 3. The molecule has 0 aliphatic rings. The van der Waals surface area contributed by atoms with Crippen molar-refractivity contribution >= 4 is 55.8 Å². The number of anilines is 1. The molecule has 0 spiro atoms. The average Bonchev–Trinajstić information content (AvgIpc) is 2.70. The summed E-state index contributed by atoms with van der Waals surface area (Å²) in [7, 11) is -4.18. The Morgan fingerprint density at radius 1 is 1.00 bits per heavy atom. The second-order valence-corrected chi connectivity index (χ2v) is 9.32. The lowest BCUT2D eigenvalue weighted by molar-refractivity contribution is 0.100. The summed E-state index contributed by atoms with van der Waals surface area (Å²) in [6.07, 6.45) is 0. The Morgan fingerprint density at radius 3 is 2.21 bits per heavy atom. The molecule has 150 valence electrons. The number of rotatable bonds is 6. The number of amides is 1. The SMILES string of the molecule is CCOc1ccc(N(C(=O)c2ccccc2I)S(=O)(=O)c2ccc(Cl)cc2)cc1. The fourth-order valence-electron chi connectivity index (χ4n) is 2.67. The van der Waals surface area contributed by atoms with Gasteiger partial charge >= 0.3 is 0 Å². The van der Waals surface area contributed by atoms with Crippen LogP contribution < -0.4 is 9.04 Å². The summed E-state index contributed by atoms with van der Waals surface area (Å²) in [5.41, 5.74) is 0.507. The summed E-state index contributed by atoms with van der Waals surface area (Å²) in [5, 5.41) is 0.403. The van der Waals surface area contributed by atoms with Gasteiger partial charge in [-0.2, -0.15) is 4.31 Å². The van der Waals surface area contributed by atoms with Crippen molar-refractivity contribution in [1.29, 1.82) is 0 Å². The lowest BCUT2D eigenvalue weighted by atomic mass is 10.2. The molecule has 1 amide bonds. The van der Waals surface area contributed by atoms with Crippen molar-refractivity contribution < 1.29 is 17.9 Å². The minimum absolute atomic E-state index is 0.0323. The Balaban J connectivity index is 2.14. The third-order valence-electron chi connectivity index (χ3n) is 4.02. The number of carbonyl (C=O) groups is 1. The van der Waals surface area contributed by atoms with Crippen LogP contribution in [0, 0.1) is 3.57 Å². The van der Waals surface area contributed by atoms with Gasteiger partial charge in [-0.15, -0.1) is 0 Å². The van der Waals surface area contributed by atoms with Crippen LogP contribution in [0.4, 0.5) is 5.69 Å². The maximum Gasteiger partial charge on any atom is 0.273 e. The van der Waals surface area contributed by atoms with E-state index in [1.54, 1.807) is 48.5 Å². The summed E-state index contributed by atoms with van der Waals surface area (Å²) >= 11 is 7.91. The zero-order valence-electron chi connectivity index (χ0n) is 15.4. The number of sulfonamides is 1. The van der Waals surface area contributed by atoms with Gasteiger partial charge in [0.15, 0.2) is 0 Å². The molecule has 0 saturated carbocycles. The topological polar surface area (TPSA) is 63.7 Å². The average molecular weight is 542 g/mol. The third-order valence-corrected chi connectivity index (χ3v) is 6.94. The zero-order chi connectivity index (χ0) is 21.0. The normalized spacial score (nSPS) is 11.1. The minimum Gasteiger partial charge on any atom is -0.494 e. The van der Waals surface area contributed by atoms with Gasteiger partial charge in [0.2, 0.25) is 0 Å². The van der Waals surface area contributed by atoms with Gasteiger partial charge in [-0.05, 0) is 90.2 Å². The zero-order valence-corrected chi connectivity index (χ0v) is 19.1. The van der Waals surface area contributed by atoms with Gasteiger partial charge in [0.25, 0.3) is 15.9 Å². The molecule has 29 heavy (non-hydrogen) atoms. The monoisotopic (exact) mass is 541 g/mol. The first-order valence-corrected chi connectivity index (χ1v) is 11.6. The molecular weight excluding hydrogens is 525 g/mol. The van der Waals surface area contributed by atoms with Crippen LogP contribution in [0.1, 0.15) is 17.3 Å². The highest BCUT2D eigenvalue weighted by molar-refractivity contribution is 14.1. The fraction of sp³-hybridized carbons (Fsp3) is 0.0952. The Hall–Kier alpha value is -2.10. The van der Waals surface area contributed by atoms with Gasteiger partial charge in [-0.3, -0.25) is 4.79 Å². The molecule has 0 bridgehead atoms. The van der Waals surface area contributed by atoms with Crippen molar-refractivity contribution in [2.24, 2.45) is 0 Å². The Labute approximate surface area is 188 Å². The van der Waals surface area contributed by atoms with Gasteiger partial charge in [0.1, 0.15) is 5.75 Å². The quantitative estimate of drug-likeness (QED) is 0.393. The second-order valence-electron chi connectivity index (χ2n) is 5.94. The first kappa shape index (κ1) is 21.6. The van der Waals surface area contributed by atoms with E-state index in [1.165, 1.54) is 24.3 Å². The summed E-state index contributed by atoms with van der Waals surface area (Å²) in [5.74, 6) is -0.0593. The number of nitrogens with zero attached hydrogens (tertiary/aromatic N) is 1. The van der Waals surface area contributed by atoms with Gasteiger partial charge in [0, 0.05) is 8.59 Å². The summed E-state index contributed by atoms with van der Waals surface area (Å²) in [6, 6.07) is 18.9. The number of halogens is 2. The van der Waals surface area contributed by atoms with Crippen LogP contribution in [0.5, 0.6) is 5.75 Å². The second kappa shape index (κ2) is 9.15.